The van der Waals surface area contributed by atoms with Crippen LogP contribution in [-0.4, -0.2) is 9.38 Å². The number of rotatable bonds is 3. The number of aromatic nitrogens is 2. The van der Waals surface area contributed by atoms with Gasteiger partial charge in [0.25, 0.3) is 0 Å². The molecule has 0 N–H and O–H groups in total. The lowest BCUT2D eigenvalue weighted by molar-refractivity contribution is 0.301. The Morgan fingerprint density at radius 2 is 1.94 bits per heavy atom. The highest BCUT2D eigenvalue weighted by Gasteiger charge is 2.02. The molecule has 0 bridgehead atoms. The van der Waals surface area contributed by atoms with Crippen LogP contribution in [-0.2, 0) is 6.61 Å². The number of nitrogens with zero attached hydrogens (tertiary/aromatic N) is 2. The van der Waals surface area contributed by atoms with E-state index in [1.807, 2.05) is 35.0 Å². The van der Waals surface area contributed by atoms with Gasteiger partial charge in [-0.25, -0.2) is 9.37 Å². The number of hydrogen-bond acceptors (Lipinski definition) is 2. The zero-order valence-corrected chi connectivity index (χ0v) is 9.58. The zero-order valence-electron chi connectivity index (χ0n) is 9.58. The van der Waals surface area contributed by atoms with E-state index in [1.165, 1.54) is 12.1 Å². The Bertz CT molecular complexity index is 628. The molecule has 3 nitrogen and oxygen atoms in total. The van der Waals surface area contributed by atoms with Crippen molar-refractivity contribution in [2.75, 3.05) is 0 Å². The molecule has 0 aliphatic rings. The Kier molecular flexibility index (Phi) is 2.68. The molecule has 0 unspecified atom stereocenters. The summed E-state index contributed by atoms with van der Waals surface area (Å²) in [7, 11) is 0. The summed E-state index contributed by atoms with van der Waals surface area (Å²) in [5, 5.41) is 0. The molecule has 90 valence electrons. The minimum absolute atomic E-state index is 0.268. The van der Waals surface area contributed by atoms with E-state index in [1.54, 1.807) is 12.1 Å². The second-order valence-electron chi connectivity index (χ2n) is 3.94. The van der Waals surface area contributed by atoms with Crippen LogP contribution < -0.4 is 4.74 Å². The highest BCUT2D eigenvalue weighted by atomic mass is 19.1. The number of benzene rings is 1. The van der Waals surface area contributed by atoms with Gasteiger partial charge in [-0.15, -0.1) is 0 Å². The van der Waals surface area contributed by atoms with Gasteiger partial charge in [-0.2, -0.15) is 0 Å². The van der Waals surface area contributed by atoms with Crippen LogP contribution in [0, 0.1) is 5.82 Å². The molecular formula is C14H11FN2O. The minimum Gasteiger partial charge on any atom is -0.487 e. The number of pyridine rings is 1. The van der Waals surface area contributed by atoms with Gasteiger partial charge in [0.1, 0.15) is 23.8 Å². The van der Waals surface area contributed by atoms with Crippen molar-refractivity contribution in [2.24, 2.45) is 0 Å². The SMILES string of the molecule is Fc1ccc(OCc2cn3ccccc3n2)cc1. The number of fused-ring (bicyclic) bond motifs is 1. The predicted molar refractivity (Wildman–Crippen MR) is 65.9 cm³/mol. The Hall–Kier alpha value is -2.36. The van der Waals surface area contributed by atoms with Crippen LogP contribution in [0.3, 0.4) is 0 Å². The van der Waals surface area contributed by atoms with Crippen molar-refractivity contribution < 1.29 is 9.13 Å². The van der Waals surface area contributed by atoms with Crippen LogP contribution >= 0.6 is 0 Å². The van der Waals surface area contributed by atoms with Gasteiger partial charge in [0, 0.05) is 12.4 Å². The summed E-state index contributed by atoms with van der Waals surface area (Å²) in [6.45, 7) is 0.368. The fourth-order valence-corrected chi connectivity index (χ4v) is 1.74. The van der Waals surface area contributed by atoms with Gasteiger partial charge in [-0.1, -0.05) is 6.07 Å². The van der Waals surface area contributed by atoms with E-state index in [2.05, 4.69) is 4.98 Å². The number of imidazole rings is 1. The van der Waals surface area contributed by atoms with Gasteiger partial charge < -0.3 is 9.14 Å². The lowest BCUT2D eigenvalue weighted by atomic mass is 10.3. The second kappa shape index (κ2) is 4.49. The molecule has 0 amide bonds. The molecule has 0 saturated carbocycles. The van der Waals surface area contributed by atoms with Crippen LogP contribution in [0.2, 0.25) is 0 Å². The molecule has 0 saturated heterocycles. The first kappa shape index (κ1) is 10.8. The van der Waals surface area contributed by atoms with Crippen molar-refractivity contribution >= 4 is 5.65 Å². The van der Waals surface area contributed by atoms with Crippen LogP contribution in [0.5, 0.6) is 5.75 Å². The molecule has 0 spiro atoms. The average molecular weight is 242 g/mol. The van der Waals surface area contributed by atoms with E-state index in [-0.39, 0.29) is 5.82 Å². The molecule has 0 fully saturated rings. The smallest absolute Gasteiger partial charge is 0.137 e. The molecule has 0 aliphatic heterocycles. The van der Waals surface area contributed by atoms with Gasteiger partial charge >= 0.3 is 0 Å². The van der Waals surface area contributed by atoms with Crippen molar-refractivity contribution in [1.82, 2.24) is 9.38 Å². The summed E-state index contributed by atoms with van der Waals surface area (Å²) < 4.78 is 20.2. The van der Waals surface area contributed by atoms with Gasteiger partial charge in [0.05, 0.1) is 5.69 Å². The molecule has 0 atom stereocenters. The standard InChI is InChI=1S/C14H11FN2O/c15-11-4-6-13(7-5-11)18-10-12-9-17-8-2-1-3-14(17)16-12/h1-9H,10H2. The van der Waals surface area contributed by atoms with Crippen molar-refractivity contribution in [3.63, 3.8) is 0 Å². The molecule has 18 heavy (non-hydrogen) atoms. The van der Waals surface area contributed by atoms with Crippen molar-refractivity contribution in [3.05, 3.63) is 66.4 Å². The molecule has 0 radical (unpaired) electrons. The zero-order chi connectivity index (χ0) is 12.4. The van der Waals surface area contributed by atoms with Crippen LogP contribution in [0.4, 0.5) is 4.39 Å². The molecule has 1 aromatic carbocycles. The summed E-state index contributed by atoms with van der Waals surface area (Å²) in [5.74, 6) is 0.364. The molecule has 2 aromatic heterocycles. The Morgan fingerprint density at radius 1 is 1.11 bits per heavy atom. The van der Waals surface area contributed by atoms with E-state index in [0.717, 1.165) is 11.3 Å². The minimum atomic E-state index is -0.268. The fraction of sp³-hybridized carbons (Fsp3) is 0.0714. The number of hydrogen-bond donors (Lipinski definition) is 0. The first-order valence-corrected chi connectivity index (χ1v) is 5.62. The Balaban J connectivity index is 1.74. The normalized spacial score (nSPS) is 10.7. The highest BCUT2D eigenvalue weighted by Crippen LogP contribution is 2.13. The molecule has 0 aliphatic carbocycles. The molecule has 4 heteroatoms. The van der Waals surface area contributed by atoms with Crippen LogP contribution in [0.15, 0.2) is 54.9 Å². The fourth-order valence-electron chi connectivity index (χ4n) is 1.74. The predicted octanol–water partition coefficient (Wildman–Crippen LogP) is 3.05. The topological polar surface area (TPSA) is 26.5 Å². The van der Waals surface area contributed by atoms with E-state index in [0.29, 0.717) is 12.4 Å². The lowest BCUT2D eigenvalue weighted by Crippen LogP contribution is -1.95. The van der Waals surface area contributed by atoms with Gasteiger partial charge in [-0.05, 0) is 36.4 Å². The van der Waals surface area contributed by atoms with Crippen molar-refractivity contribution in [2.45, 2.75) is 6.61 Å². The summed E-state index contributed by atoms with van der Waals surface area (Å²) in [5.41, 5.74) is 1.72. The quantitative estimate of drug-likeness (QED) is 0.705. The summed E-state index contributed by atoms with van der Waals surface area (Å²) in [4.78, 5) is 4.41. The summed E-state index contributed by atoms with van der Waals surface area (Å²) in [6.07, 6.45) is 3.85. The maximum atomic E-state index is 12.7. The Labute approximate surface area is 103 Å². The molecular weight excluding hydrogens is 231 g/mol. The highest BCUT2D eigenvalue weighted by molar-refractivity contribution is 5.39. The summed E-state index contributed by atoms with van der Waals surface area (Å²) >= 11 is 0. The molecule has 3 rings (SSSR count). The molecule has 2 heterocycles. The maximum absolute atomic E-state index is 12.7. The summed E-state index contributed by atoms with van der Waals surface area (Å²) in [6, 6.07) is 11.8. The number of halogens is 1. The van der Waals surface area contributed by atoms with Crippen molar-refractivity contribution in [3.8, 4) is 5.75 Å². The van der Waals surface area contributed by atoms with E-state index in [9.17, 15) is 4.39 Å². The second-order valence-corrected chi connectivity index (χ2v) is 3.94. The van der Waals surface area contributed by atoms with Gasteiger partial charge in [0.2, 0.25) is 0 Å². The first-order valence-electron chi connectivity index (χ1n) is 5.62. The Morgan fingerprint density at radius 3 is 2.72 bits per heavy atom. The van der Waals surface area contributed by atoms with Crippen LogP contribution in [0.1, 0.15) is 5.69 Å². The largest absolute Gasteiger partial charge is 0.487 e. The molecule has 3 aromatic rings. The lowest BCUT2D eigenvalue weighted by Gasteiger charge is -2.02. The van der Waals surface area contributed by atoms with E-state index >= 15 is 0 Å². The van der Waals surface area contributed by atoms with Crippen LogP contribution in [0.25, 0.3) is 5.65 Å². The number of ether oxygens (including phenoxy) is 1. The third kappa shape index (κ3) is 2.18. The van der Waals surface area contributed by atoms with E-state index in [4.69, 9.17) is 4.74 Å². The van der Waals surface area contributed by atoms with E-state index < -0.39 is 0 Å². The van der Waals surface area contributed by atoms with Crippen molar-refractivity contribution in [1.29, 1.82) is 0 Å². The van der Waals surface area contributed by atoms with Gasteiger partial charge in [-0.3, -0.25) is 0 Å². The monoisotopic (exact) mass is 242 g/mol. The third-order valence-corrected chi connectivity index (χ3v) is 2.61. The first-order chi connectivity index (χ1) is 8.81. The third-order valence-electron chi connectivity index (χ3n) is 2.61. The average Bonchev–Trinajstić information content (AvgIpc) is 2.81. The van der Waals surface area contributed by atoms with Gasteiger partial charge in [0.15, 0.2) is 0 Å². The maximum Gasteiger partial charge on any atom is 0.137 e.